The van der Waals surface area contributed by atoms with Crippen LogP contribution in [-0.4, -0.2) is 42.3 Å². The van der Waals surface area contributed by atoms with Crippen LogP contribution in [-0.2, 0) is 25.6 Å². The summed E-state index contributed by atoms with van der Waals surface area (Å²) in [5, 5.41) is 4.91. The van der Waals surface area contributed by atoms with Gasteiger partial charge in [0.05, 0.1) is 23.3 Å². The largest absolute Gasteiger partial charge is 0.463 e. The van der Waals surface area contributed by atoms with E-state index in [9.17, 15) is 14.4 Å². The van der Waals surface area contributed by atoms with E-state index in [1.54, 1.807) is 13.0 Å². The summed E-state index contributed by atoms with van der Waals surface area (Å²) in [5.74, 6) is -0.857. The first-order valence-corrected chi connectivity index (χ1v) is 11.8. The summed E-state index contributed by atoms with van der Waals surface area (Å²) in [7, 11) is 0. The third-order valence-corrected chi connectivity index (χ3v) is 6.49. The molecule has 1 unspecified atom stereocenters. The van der Waals surface area contributed by atoms with Crippen molar-refractivity contribution in [3.8, 4) is 0 Å². The van der Waals surface area contributed by atoms with E-state index in [0.717, 1.165) is 40.5 Å². The number of hydrogen-bond acceptors (Lipinski definition) is 6. The number of aromatic nitrogens is 1. The summed E-state index contributed by atoms with van der Waals surface area (Å²) in [5.41, 5.74) is 0.569. The molecule has 4 rings (SSSR count). The van der Waals surface area contributed by atoms with Crippen molar-refractivity contribution in [1.29, 1.82) is 0 Å². The normalized spacial score (nSPS) is 16.9. The molecule has 0 aliphatic carbocycles. The number of nitrogens with one attached hydrogen (secondary N) is 1. The van der Waals surface area contributed by atoms with Crippen molar-refractivity contribution < 1.29 is 19.1 Å². The summed E-state index contributed by atoms with van der Waals surface area (Å²) < 4.78 is 12.7. The molecule has 1 N–H and O–H groups in total. The lowest BCUT2D eigenvalue weighted by Gasteiger charge is -2.10. The molecule has 33 heavy (non-hydrogen) atoms. The predicted molar refractivity (Wildman–Crippen MR) is 128 cm³/mol. The maximum absolute atomic E-state index is 13.2. The summed E-state index contributed by atoms with van der Waals surface area (Å²) in [6.07, 6.45) is 4.97. The van der Waals surface area contributed by atoms with E-state index in [1.807, 2.05) is 42.5 Å². The van der Waals surface area contributed by atoms with Crippen molar-refractivity contribution in [1.82, 2.24) is 9.88 Å². The van der Waals surface area contributed by atoms with Gasteiger partial charge in [-0.1, -0.05) is 42.5 Å². The Morgan fingerprint density at radius 1 is 1.24 bits per heavy atom. The first kappa shape index (κ1) is 22.9. The van der Waals surface area contributed by atoms with Crippen LogP contribution < -0.4 is 20.1 Å². The van der Waals surface area contributed by atoms with Gasteiger partial charge in [0.2, 0.25) is 5.91 Å². The molecule has 1 atom stereocenters. The van der Waals surface area contributed by atoms with Crippen molar-refractivity contribution in [3.63, 3.8) is 0 Å². The topological polar surface area (TPSA) is 86.6 Å². The first-order valence-electron chi connectivity index (χ1n) is 11.0. The molecule has 2 heterocycles. The Bertz CT molecular complexity index is 1330. The van der Waals surface area contributed by atoms with Gasteiger partial charge in [-0.25, -0.2) is 4.79 Å². The Labute approximate surface area is 194 Å². The van der Waals surface area contributed by atoms with E-state index in [0.29, 0.717) is 22.3 Å². The summed E-state index contributed by atoms with van der Waals surface area (Å²) in [6, 6.07) is 13.8. The SMILES string of the molecule is CCOC(=O)C=c1sc(=Cc2cccc3ccccc23)c(=O)n1CC(=O)NCC1CCCO1. The molecule has 0 spiro atoms. The van der Waals surface area contributed by atoms with Crippen LogP contribution in [0.1, 0.15) is 25.3 Å². The molecule has 1 aromatic heterocycles. The number of carbonyl (C=O) groups is 2. The molecule has 1 aliphatic heterocycles. The number of thiazole rings is 1. The second-order valence-electron chi connectivity index (χ2n) is 7.74. The maximum atomic E-state index is 13.2. The van der Waals surface area contributed by atoms with Crippen molar-refractivity contribution >= 4 is 46.1 Å². The number of carbonyl (C=O) groups excluding carboxylic acids is 2. The molecule has 2 aromatic carbocycles. The van der Waals surface area contributed by atoms with Gasteiger partial charge in [0.25, 0.3) is 5.56 Å². The Hall–Kier alpha value is -3.23. The average molecular weight is 467 g/mol. The summed E-state index contributed by atoms with van der Waals surface area (Å²) in [4.78, 5) is 37.9. The molecule has 172 valence electrons. The molecule has 1 fully saturated rings. The number of nitrogens with zero attached hydrogens (tertiary/aromatic N) is 1. The summed E-state index contributed by atoms with van der Waals surface area (Å²) in [6.45, 7) is 2.87. The Balaban J connectivity index is 1.70. The molecule has 3 aromatic rings. The lowest BCUT2D eigenvalue weighted by molar-refractivity contribution is -0.135. The molecular formula is C25H26N2O5S. The molecule has 0 saturated carbocycles. The second-order valence-corrected chi connectivity index (χ2v) is 8.81. The third kappa shape index (κ3) is 5.58. The smallest absolute Gasteiger partial charge is 0.333 e. The van der Waals surface area contributed by atoms with Gasteiger partial charge in [0.15, 0.2) is 0 Å². The summed E-state index contributed by atoms with van der Waals surface area (Å²) >= 11 is 1.16. The van der Waals surface area contributed by atoms with E-state index in [2.05, 4.69) is 5.32 Å². The van der Waals surface area contributed by atoms with Crippen molar-refractivity contribution in [2.75, 3.05) is 19.8 Å². The minimum Gasteiger partial charge on any atom is -0.463 e. The van der Waals surface area contributed by atoms with Crippen LogP contribution in [0, 0.1) is 0 Å². The van der Waals surface area contributed by atoms with Crippen LogP contribution in [0.5, 0.6) is 0 Å². The van der Waals surface area contributed by atoms with Gasteiger partial charge in [-0.05, 0) is 42.2 Å². The van der Waals surface area contributed by atoms with Crippen LogP contribution in [0.2, 0.25) is 0 Å². The second kappa shape index (κ2) is 10.6. The minimum absolute atomic E-state index is 0.00830. The zero-order valence-electron chi connectivity index (χ0n) is 18.4. The number of benzene rings is 2. The van der Waals surface area contributed by atoms with Gasteiger partial charge in [-0.15, -0.1) is 11.3 Å². The van der Waals surface area contributed by atoms with Crippen LogP contribution in [0.4, 0.5) is 0 Å². The average Bonchev–Trinajstić information content (AvgIpc) is 3.43. The fraction of sp³-hybridized carbons (Fsp3) is 0.320. The molecule has 8 heteroatoms. The van der Waals surface area contributed by atoms with Gasteiger partial charge < -0.3 is 14.8 Å². The quantitative estimate of drug-likeness (QED) is 0.534. The third-order valence-electron chi connectivity index (χ3n) is 5.43. The Morgan fingerprint density at radius 2 is 2.06 bits per heavy atom. The highest BCUT2D eigenvalue weighted by atomic mass is 32.1. The van der Waals surface area contributed by atoms with Gasteiger partial charge in [0.1, 0.15) is 11.2 Å². The fourth-order valence-electron chi connectivity index (χ4n) is 3.83. The van der Waals surface area contributed by atoms with Crippen molar-refractivity contribution in [2.24, 2.45) is 0 Å². The van der Waals surface area contributed by atoms with Crippen LogP contribution >= 0.6 is 11.3 Å². The van der Waals surface area contributed by atoms with Crippen LogP contribution in [0.3, 0.4) is 0 Å². The number of amides is 1. The zero-order chi connectivity index (χ0) is 23.2. The monoisotopic (exact) mass is 466 g/mol. The number of esters is 1. The number of ether oxygens (including phenoxy) is 2. The van der Waals surface area contributed by atoms with Crippen molar-refractivity contribution in [3.05, 3.63) is 67.6 Å². The molecule has 0 radical (unpaired) electrons. The van der Waals surface area contributed by atoms with E-state index in [-0.39, 0.29) is 30.7 Å². The number of hydrogen-bond donors (Lipinski definition) is 1. The van der Waals surface area contributed by atoms with Gasteiger partial charge in [-0.2, -0.15) is 0 Å². The number of rotatable bonds is 7. The first-order chi connectivity index (χ1) is 16.0. The molecule has 1 aliphatic rings. The van der Waals surface area contributed by atoms with Gasteiger partial charge >= 0.3 is 5.97 Å². The standard InChI is InChI=1S/C25H26N2O5S/c1-2-31-24(29)14-23-27(16-22(28)26-15-19-10-6-12-32-19)25(30)21(33-23)13-18-9-5-8-17-7-3-4-11-20(17)18/h3-5,7-9,11,13-14,19H,2,6,10,12,15-16H2,1H3,(H,26,28). The molecule has 7 nitrogen and oxygen atoms in total. The predicted octanol–water partition coefficient (Wildman–Crippen LogP) is 1.53. The highest BCUT2D eigenvalue weighted by molar-refractivity contribution is 7.07. The molecular weight excluding hydrogens is 440 g/mol. The lowest BCUT2D eigenvalue weighted by atomic mass is 10.0. The molecule has 1 saturated heterocycles. The fourth-order valence-corrected chi connectivity index (χ4v) is 4.85. The van der Waals surface area contributed by atoms with E-state index in [1.165, 1.54) is 10.6 Å². The minimum atomic E-state index is -0.552. The van der Waals surface area contributed by atoms with E-state index in [4.69, 9.17) is 9.47 Å². The Kier molecular flexibility index (Phi) is 7.36. The highest BCUT2D eigenvalue weighted by Gasteiger charge is 2.17. The molecule has 0 bridgehead atoms. The van der Waals surface area contributed by atoms with E-state index < -0.39 is 5.97 Å². The van der Waals surface area contributed by atoms with Crippen LogP contribution in [0.25, 0.3) is 22.9 Å². The Morgan fingerprint density at radius 3 is 2.85 bits per heavy atom. The van der Waals surface area contributed by atoms with Crippen molar-refractivity contribution in [2.45, 2.75) is 32.4 Å². The number of fused-ring (bicyclic) bond motifs is 1. The highest BCUT2D eigenvalue weighted by Crippen LogP contribution is 2.18. The van der Waals surface area contributed by atoms with Gasteiger partial charge in [-0.3, -0.25) is 14.2 Å². The zero-order valence-corrected chi connectivity index (χ0v) is 19.2. The molecule has 1 amide bonds. The maximum Gasteiger partial charge on any atom is 0.333 e. The lowest BCUT2D eigenvalue weighted by Crippen LogP contribution is -2.40. The van der Waals surface area contributed by atoms with E-state index >= 15 is 0 Å². The van der Waals surface area contributed by atoms with Crippen LogP contribution in [0.15, 0.2) is 47.3 Å². The van der Waals surface area contributed by atoms with Gasteiger partial charge in [0, 0.05) is 13.2 Å².